The van der Waals surface area contributed by atoms with Gasteiger partial charge >= 0.3 is 0 Å². The van der Waals surface area contributed by atoms with Crippen molar-refractivity contribution in [3.05, 3.63) is 54.2 Å². The zero-order valence-electron chi connectivity index (χ0n) is 15.0. The van der Waals surface area contributed by atoms with Gasteiger partial charge in [0.25, 0.3) is 0 Å². The van der Waals surface area contributed by atoms with Gasteiger partial charge in [0, 0.05) is 38.4 Å². The van der Waals surface area contributed by atoms with Crippen LogP contribution in [0.5, 0.6) is 0 Å². The van der Waals surface area contributed by atoms with Gasteiger partial charge in [0.2, 0.25) is 0 Å². The van der Waals surface area contributed by atoms with Crippen molar-refractivity contribution >= 4 is 35.8 Å². The minimum atomic E-state index is 0.702. The molecule has 2 aromatic carbocycles. The van der Waals surface area contributed by atoms with Crippen molar-refractivity contribution in [1.82, 2.24) is 14.9 Å². The molecule has 2 radical (unpaired) electrons. The van der Waals surface area contributed by atoms with Crippen molar-refractivity contribution in [3.8, 4) is 0 Å². The Balaban J connectivity index is 1.44. The summed E-state index contributed by atoms with van der Waals surface area (Å²) in [6.45, 7) is 5.09. The Morgan fingerprint density at radius 1 is 1.04 bits per heavy atom. The molecule has 5 nitrogen and oxygen atoms in total. The van der Waals surface area contributed by atoms with E-state index in [9.17, 15) is 0 Å². The second kappa shape index (κ2) is 7.34. The third kappa shape index (κ3) is 3.80. The smallest absolute Gasteiger partial charge is 0.145 e. The van der Waals surface area contributed by atoms with Gasteiger partial charge < -0.3 is 15.1 Å². The average Bonchev–Trinajstić information content (AvgIpc) is 2.67. The number of rotatable bonds is 4. The summed E-state index contributed by atoms with van der Waals surface area (Å²) >= 11 is 0. The van der Waals surface area contributed by atoms with Crippen LogP contribution in [0.3, 0.4) is 0 Å². The van der Waals surface area contributed by atoms with E-state index in [2.05, 4.69) is 56.4 Å². The monoisotopic (exact) mass is 343 g/mol. The molecule has 0 unspecified atom stereocenters. The van der Waals surface area contributed by atoms with Crippen molar-refractivity contribution in [3.63, 3.8) is 0 Å². The van der Waals surface area contributed by atoms with Crippen molar-refractivity contribution < 1.29 is 0 Å². The van der Waals surface area contributed by atoms with Gasteiger partial charge in [0.15, 0.2) is 0 Å². The first kappa shape index (κ1) is 16.9. The van der Waals surface area contributed by atoms with E-state index in [-0.39, 0.29) is 0 Å². The Bertz CT molecular complexity index is 906. The molecule has 0 aliphatic carbocycles. The molecule has 4 rings (SSSR count). The normalized spacial score (nSPS) is 15.3. The predicted molar refractivity (Wildman–Crippen MR) is 108 cm³/mol. The summed E-state index contributed by atoms with van der Waals surface area (Å²) in [7, 11) is 7.97. The zero-order chi connectivity index (χ0) is 17.9. The van der Waals surface area contributed by atoms with Crippen LogP contribution in [0.4, 0.5) is 11.5 Å². The Labute approximate surface area is 155 Å². The fourth-order valence-electron chi connectivity index (χ4n) is 3.23. The number of hydrogen-bond acceptors (Lipinski definition) is 5. The second-order valence-corrected chi connectivity index (χ2v) is 6.82. The third-order valence-corrected chi connectivity index (χ3v) is 4.82. The number of hydrogen-bond donors (Lipinski definition) is 1. The van der Waals surface area contributed by atoms with Gasteiger partial charge in [-0.3, -0.25) is 4.98 Å². The number of anilines is 2. The molecule has 1 N–H and O–H groups in total. The summed E-state index contributed by atoms with van der Waals surface area (Å²) in [5.41, 5.74) is 4.88. The number of nitrogens with one attached hydrogen (secondary N) is 1. The quantitative estimate of drug-likeness (QED) is 0.732. The Morgan fingerprint density at radius 2 is 1.88 bits per heavy atom. The van der Waals surface area contributed by atoms with Crippen LogP contribution in [-0.4, -0.2) is 55.9 Å². The fraction of sp³-hybridized carbons (Fsp3) is 0.300. The number of piperazine rings is 1. The molecule has 26 heavy (non-hydrogen) atoms. The molecule has 1 aliphatic heterocycles. The molecule has 0 atom stereocenters. The molecule has 1 saturated heterocycles. The lowest BCUT2D eigenvalue weighted by Crippen LogP contribution is -2.44. The van der Waals surface area contributed by atoms with Crippen LogP contribution >= 0.6 is 0 Å². The lowest BCUT2D eigenvalue weighted by molar-refractivity contribution is 0.313. The SMILES string of the molecule is [B]c1ccc2nc(NCc3cccc(N4CCN(C)CC4)c3)cnc2c1. The van der Waals surface area contributed by atoms with Crippen LogP contribution in [-0.2, 0) is 6.54 Å². The molecule has 0 spiro atoms. The Hall–Kier alpha value is -2.60. The van der Waals surface area contributed by atoms with Crippen LogP contribution in [0, 0.1) is 0 Å². The van der Waals surface area contributed by atoms with E-state index in [0.29, 0.717) is 5.46 Å². The van der Waals surface area contributed by atoms with Crippen molar-refractivity contribution in [2.24, 2.45) is 0 Å². The van der Waals surface area contributed by atoms with Gasteiger partial charge in [-0.2, -0.15) is 0 Å². The number of fused-ring (bicyclic) bond motifs is 1. The molecule has 1 aromatic heterocycles. The van der Waals surface area contributed by atoms with E-state index in [1.165, 1.54) is 11.3 Å². The maximum Gasteiger partial charge on any atom is 0.145 e. The maximum absolute atomic E-state index is 5.79. The number of aromatic nitrogens is 2. The first-order valence-electron chi connectivity index (χ1n) is 8.96. The van der Waals surface area contributed by atoms with Gasteiger partial charge in [0.05, 0.1) is 17.2 Å². The van der Waals surface area contributed by atoms with Crippen LogP contribution in [0.15, 0.2) is 48.7 Å². The van der Waals surface area contributed by atoms with E-state index in [4.69, 9.17) is 7.85 Å². The maximum atomic E-state index is 5.79. The molecule has 0 saturated carbocycles. The van der Waals surface area contributed by atoms with E-state index in [0.717, 1.165) is 49.6 Å². The molecule has 6 heteroatoms. The summed E-state index contributed by atoms with van der Waals surface area (Å²) in [5, 5.41) is 3.37. The predicted octanol–water partition coefficient (Wildman–Crippen LogP) is 1.79. The number of benzene rings is 2. The number of likely N-dealkylation sites (N-methyl/N-ethyl adjacent to an activating group) is 1. The van der Waals surface area contributed by atoms with Crippen molar-refractivity contribution in [2.75, 3.05) is 43.4 Å². The molecular formula is C20H22BN5. The summed E-state index contributed by atoms with van der Waals surface area (Å²) in [6, 6.07) is 14.3. The highest BCUT2D eigenvalue weighted by molar-refractivity contribution is 6.33. The van der Waals surface area contributed by atoms with Gasteiger partial charge in [0.1, 0.15) is 13.7 Å². The molecule has 1 fully saturated rings. The molecule has 3 aromatic rings. The number of nitrogens with zero attached hydrogens (tertiary/aromatic N) is 4. The largest absolute Gasteiger partial charge is 0.369 e. The van der Waals surface area contributed by atoms with E-state index in [1.807, 2.05) is 18.2 Å². The van der Waals surface area contributed by atoms with E-state index < -0.39 is 0 Å². The van der Waals surface area contributed by atoms with Gasteiger partial charge in [-0.05, 0) is 36.9 Å². The highest BCUT2D eigenvalue weighted by atomic mass is 15.2. The molecule has 0 bridgehead atoms. The minimum absolute atomic E-state index is 0.702. The van der Waals surface area contributed by atoms with Crippen molar-refractivity contribution in [2.45, 2.75) is 6.54 Å². The minimum Gasteiger partial charge on any atom is -0.369 e. The second-order valence-electron chi connectivity index (χ2n) is 6.82. The van der Waals surface area contributed by atoms with E-state index >= 15 is 0 Å². The van der Waals surface area contributed by atoms with Crippen LogP contribution < -0.4 is 15.7 Å². The zero-order valence-corrected chi connectivity index (χ0v) is 15.0. The molecule has 1 aliphatic rings. The van der Waals surface area contributed by atoms with Gasteiger partial charge in [-0.25, -0.2) is 4.98 Å². The summed E-state index contributed by atoms with van der Waals surface area (Å²) < 4.78 is 0. The highest BCUT2D eigenvalue weighted by Gasteiger charge is 2.14. The molecule has 0 amide bonds. The molecular weight excluding hydrogens is 321 g/mol. The first-order valence-corrected chi connectivity index (χ1v) is 8.96. The molecule has 2 heterocycles. The third-order valence-electron chi connectivity index (χ3n) is 4.82. The average molecular weight is 343 g/mol. The molecule has 130 valence electrons. The summed E-state index contributed by atoms with van der Waals surface area (Å²) in [6.07, 6.45) is 1.76. The van der Waals surface area contributed by atoms with Crippen molar-refractivity contribution in [1.29, 1.82) is 0 Å². The first-order chi connectivity index (χ1) is 12.7. The van der Waals surface area contributed by atoms with Crippen LogP contribution in [0.25, 0.3) is 11.0 Å². The van der Waals surface area contributed by atoms with E-state index in [1.54, 1.807) is 6.20 Å². The lowest BCUT2D eigenvalue weighted by atomic mass is 9.96. The Morgan fingerprint density at radius 3 is 2.73 bits per heavy atom. The van der Waals surface area contributed by atoms with Gasteiger partial charge in [-0.15, -0.1) is 0 Å². The Kier molecular flexibility index (Phi) is 4.76. The van der Waals surface area contributed by atoms with Crippen LogP contribution in [0.1, 0.15) is 5.56 Å². The highest BCUT2D eigenvalue weighted by Crippen LogP contribution is 2.19. The lowest BCUT2D eigenvalue weighted by Gasteiger charge is -2.34. The fourth-order valence-corrected chi connectivity index (χ4v) is 3.23. The summed E-state index contributed by atoms with van der Waals surface area (Å²) in [5.74, 6) is 0.771. The van der Waals surface area contributed by atoms with Crippen LogP contribution in [0.2, 0.25) is 0 Å². The topological polar surface area (TPSA) is 44.3 Å². The van der Waals surface area contributed by atoms with Gasteiger partial charge in [-0.1, -0.05) is 23.7 Å². The standard InChI is InChI=1S/C20H22BN5/c1-25-7-9-26(10-8-25)17-4-2-3-15(11-17)13-23-20-14-22-19-12-16(21)5-6-18(19)24-20/h2-6,11-12,14H,7-10,13H2,1H3,(H,23,24). The summed E-state index contributed by atoms with van der Waals surface area (Å²) in [4.78, 5) is 13.9.